The van der Waals surface area contributed by atoms with Crippen molar-refractivity contribution < 1.29 is 24.0 Å². The molecule has 3 amide bonds. The lowest BCUT2D eigenvalue weighted by Gasteiger charge is -2.41. The van der Waals surface area contributed by atoms with Crippen LogP contribution >= 0.6 is 0 Å². The van der Waals surface area contributed by atoms with Crippen LogP contribution in [0.1, 0.15) is 153 Å². The first kappa shape index (κ1) is 60.2. The van der Waals surface area contributed by atoms with Gasteiger partial charge in [-0.25, -0.2) is 4.79 Å². The molecule has 3 aliphatic heterocycles. The van der Waals surface area contributed by atoms with Crippen molar-refractivity contribution in [2.45, 2.75) is 139 Å². The summed E-state index contributed by atoms with van der Waals surface area (Å²) in [7, 11) is 1.60. The molecule has 6 rings (SSSR count). The summed E-state index contributed by atoms with van der Waals surface area (Å²) in [6.07, 6.45) is 20.4. The summed E-state index contributed by atoms with van der Waals surface area (Å²) < 4.78 is 0. The first-order valence-electron chi connectivity index (χ1n) is 26.8. The molecular weight excluding hydrogens is 903 g/mol. The number of nitrogens with one attached hydrogen (secondary N) is 3. The van der Waals surface area contributed by atoms with E-state index in [1.807, 2.05) is 100 Å². The molecule has 2 saturated heterocycles. The molecule has 1 aromatic heterocycles. The van der Waals surface area contributed by atoms with Gasteiger partial charge in [-0.3, -0.25) is 24.3 Å². The van der Waals surface area contributed by atoms with E-state index in [9.17, 15) is 29.2 Å². The van der Waals surface area contributed by atoms with Gasteiger partial charge in [-0.2, -0.15) is 5.26 Å². The quantitative estimate of drug-likeness (QED) is 0.0559. The van der Waals surface area contributed by atoms with Crippen LogP contribution in [0.25, 0.3) is 10.9 Å². The molecule has 3 aliphatic rings. The van der Waals surface area contributed by atoms with Gasteiger partial charge in [0.25, 0.3) is 0 Å². The number of carbonyl (C=O) groups excluding carboxylic acids is 5. The Kier molecular flexibility index (Phi) is 27.5. The number of dihydropyridines is 1. The Hall–Kier alpha value is -6.07. The highest BCUT2D eigenvalue weighted by Gasteiger charge is 2.29. The van der Waals surface area contributed by atoms with E-state index in [2.05, 4.69) is 69.4 Å². The van der Waals surface area contributed by atoms with Crippen molar-refractivity contribution >= 4 is 52.6 Å². The molecule has 0 aliphatic carbocycles. The Bertz CT molecular complexity index is 2270. The van der Waals surface area contributed by atoms with Gasteiger partial charge in [0, 0.05) is 130 Å². The molecule has 14 nitrogen and oxygen atoms in total. The lowest BCUT2D eigenvalue weighted by molar-refractivity contribution is -0.124. The molecule has 0 radical (unpaired) electrons. The van der Waals surface area contributed by atoms with Crippen LogP contribution in [-0.2, 0) is 9.59 Å². The fraction of sp³-hybridized carbons (Fsp3) is 0.569. The van der Waals surface area contributed by atoms with E-state index >= 15 is 0 Å². The van der Waals surface area contributed by atoms with Crippen molar-refractivity contribution in [3.8, 4) is 6.07 Å². The van der Waals surface area contributed by atoms with Crippen molar-refractivity contribution in [1.82, 2.24) is 30.7 Å². The molecule has 3 N–H and O–H groups in total. The third kappa shape index (κ3) is 18.5. The van der Waals surface area contributed by atoms with E-state index in [1.165, 1.54) is 51.5 Å². The Labute approximate surface area is 432 Å². The van der Waals surface area contributed by atoms with Gasteiger partial charge in [0.05, 0.1) is 16.8 Å². The van der Waals surface area contributed by atoms with Gasteiger partial charge in [-0.1, -0.05) is 86.6 Å². The van der Waals surface area contributed by atoms with Gasteiger partial charge in [-0.05, 0) is 94.0 Å². The topological polar surface area (TPSA) is 171 Å². The Morgan fingerprint density at radius 1 is 0.903 bits per heavy atom. The molecule has 394 valence electrons. The zero-order valence-corrected chi connectivity index (χ0v) is 45.3. The fourth-order valence-electron chi connectivity index (χ4n) is 9.22. The predicted octanol–water partition coefficient (Wildman–Crippen LogP) is 10.3. The summed E-state index contributed by atoms with van der Waals surface area (Å²) in [6, 6.07) is 16.0. The predicted molar refractivity (Wildman–Crippen MR) is 294 cm³/mol. The number of benzene rings is 2. The van der Waals surface area contributed by atoms with E-state index in [0.717, 1.165) is 79.1 Å². The summed E-state index contributed by atoms with van der Waals surface area (Å²) >= 11 is 0. The number of aldehydes is 2. The summed E-state index contributed by atoms with van der Waals surface area (Å²) in [6.45, 7) is 25.8. The third-order valence-corrected chi connectivity index (χ3v) is 13.7. The minimum absolute atomic E-state index is 0.00171. The number of unbranched alkanes of at least 4 members (excludes halogenated alkanes) is 3. The largest absolute Gasteiger partial charge is 0.383 e. The molecule has 2 aromatic carbocycles. The Morgan fingerprint density at radius 2 is 1.65 bits per heavy atom. The van der Waals surface area contributed by atoms with E-state index < -0.39 is 0 Å². The van der Waals surface area contributed by atoms with Crippen molar-refractivity contribution in [2.75, 3.05) is 69.2 Å². The molecule has 0 bridgehead atoms. The number of hydrogen-bond acceptors (Lipinski definition) is 11. The second-order valence-corrected chi connectivity index (χ2v) is 19.1. The summed E-state index contributed by atoms with van der Waals surface area (Å²) in [5.41, 5.74) is 5.28. The van der Waals surface area contributed by atoms with E-state index in [4.69, 9.17) is 0 Å². The van der Waals surface area contributed by atoms with Crippen LogP contribution in [0.2, 0.25) is 0 Å². The molecule has 2 fully saturated rings. The van der Waals surface area contributed by atoms with Crippen molar-refractivity contribution in [3.05, 3.63) is 89.4 Å². The number of Topliss-reactive ketones (excluding diaryl/α,β-unsaturated/α-hetero) is 1. The Morgan fingerprint density at radius 3 is 2.26 bits per heavy atom. The van der Waals surface area contributed by atoms with Gasteiger partial charge in [0.2, 0.25) is 5.91 Å². The standard InChI is InChI=1S/C27H44N2O2.C22H24N6O.C7H13NO2.C2H6/c1-5-8-9-10-12-23(11-6-2)20-28-15-17-29(18-16-28)25-13-14-26(24(19-25)21-30)27(31)22(4)7-3;1-15-5-7-18(13-25-15)26-22(29)27-10-11-28(16(2)14-27)20-8-6-17(12-23)21-19(20)4-3-9-24-21;1-6(4-3-5-9)7(10)8-2;1-2/h13-14,19,21-23H,5-12,15-18,20H2,1-4H3;3-9,13,15-16,25H,10-11,14H2,1-2H3,(H,26,29);5-6H,3-4H2,1-2H3,(H,8,10);1-2H3. The van der Waals surface area contributed by atoms with Crippen LogP contribution in [0.15, 0.2) is 72.7 Å². The van der Waals surface area contributed by atoms with Gasteiger partial charge in [0.15, 0.2) is 12.1 Å². The number of amides is 3. The number of allylic oxidation sites excluding steroid dienone is 1. The van der Waals surface area contributed by atoms with Crippen LogP contribution in [0, 0.1) is 29.1 Å². The van der Waals surface area contributed by atoms with Crippen molar-refractivity contribution in [3.63, 3.8) is 0 Å². The molecule has 0 spiro atoms. The number of aromatic nitrogens is 1. The molecular formula is C58H87N9O5. The van der Waals surface area contributed by atoms with E-state index in [-0.39, 0.29) is 41.6 Å². The van der Waals surface area contributed by atoms with E-state index in [1.54, 1.807) is 13.2 Å². The smallest absolute Gasteiger partial charge is 0.322 e. The fourth-order valence-corrected chi connectivity index (χ4v) is 9.22. The highest BCUT2D eigenvalue weighted by Crippen LogP contribution is 2.31. The van der Waals surface area contributed by atoms with Crippen LogP contribution in [0.3, 0.4) is 0 Å². The number of fused-ring (bicyclic) bond motifs is 1. The van der Waals surface area contributed by atoms with Crippen molar-refractivity contribution in [1.29, 1.82) is 5.26 Å². The number of anilines is 2. The molecule has 3 aromatic rings. The summed E-state index contributed by atoms with van der Waals surface area (Å²) in [5.74, 6) is 0.797. The Balaban J connectivity index is 0.000000312. The molecule has 4 heterocycles. The SMILES string of the molecule is CC.CC1C=CC(NC(=O)N2CCN(c3ccc(C#N)c4ncccc34)C(C)C2)=CN1.CCCCCCC(CCC)CN1CCN(c2ccc(C(=O)C(C)CC)c(C=O)c2)CC1.CNC(=O)C(C)CCC=O. The van der Waals surface area contributed by atoms with Crippen LogP contribution in [0.5, 0.6) is 0 Å². The van der Waals surface area contributed by atoms with Gasteiger partial charge < -0.3 is 35.4 Å². The number of pyridine rings is 1. The zero-order chi connectivity index (χ0) is 53.0. The molecule has 72 heavy (non-hydrogen) atoms. The number of nitrogens with zero attached hydrogens (tertiary/aromatic N) is 6. The maximum absolute atomic E-state index is 12.7. The second kappa shape index (κ2) is 32.8. The first-order valence-corrected chi connectivity index (χ1v) is 26.8. The average molecular weight is 990 g/mol. The third-order valence-electron chi connectivity index (χ3n) is 13.7. The molecule has 0 saturated carbocycles. The number of piperazine rings is 2. The van der Waals surface area contributed by atoms with Crippen LogP contribution in [0.4, 0.5) is 16.2 Å². The van der Waals surface area contributed by atoms with Gasteiger partial charge >= 0.3 is 6.03 Å². The normalized spacial score (nSPS) is 17.6. The number of nitriles is 1. The molecule has 5 atom stereocenters. The van der Waals surface area contributed by atoms with Crippen molar-refractivity contribution in [2.24, 2.45) is 17.8 Å². The summed E-state index contributed by atoms with van der Waals surface area (Å²) in [4.78, 5) is 71.1. The second-order valence-electron chi connectivity index (χ2n) is 19.1. The molecule has 5 unspecified atom stereocenters. The maximum Gasteiger partial charge on any atom is 0.322 e. The first-order chi connectivity index (χ1) is 34.8. The number of ketones is 1. The number of urea groups is 1. The highest BCUT2D eigenvalue weighted by molar-refractivity contribution is 6.04. The van der Waals surface area contributed by atoms with E-state index in [0.29, 0.717) is 49.2 Å². The van der Waals surface area contributed by atoms with Gasteiger partial charge in [-0.15, -0.1) is 0 Å². The summed E-state index contributed by atoms with van der Waals surface area (Å²) in [5, 5.41) is 19.0. The number of carbonyl (C=O) groups is 5. The zero-order valence-electron chi connectivity index (χ0n) is 45.3. The lowest BCUT2D eigenvalue weighted by atomic mass is 9.93. The number of rotatable bonds is 20. The average Bonchev–Trinajstić information content (AvgIpc) is 3.42. The van der Waals surface area contributed by atoms with Crippen LogP contribution in [-0.4, -0.2) is 117 Å². The minimum Gasteiger partial charge on any atom is -0.383 e. The molecule has 14 heteroatoms. The minimum atomic E-state index is -0.0879. The maximum atomic E-state index is 12.7. The number of hydrogen-bond donors (Lipinski definition) is 3. The highest BCUT2D eigenvalue weighted by atomic mass is 16.2. The van der Waals surface area contributed by atoms with Gasteiger partial charge in [0.1, 0.15) is 12.4 Å². The monoisotopic (exact) mass is 990 g/mol. The lowest BCUT2D eigenvalue weighted by Crippen LogP contribution is -2.56. The van der Waals surface area contributed by atoms with Crippen LogP contribution < -0.4 is 25.8 Å².